The third-order valence-electron chi connectivity index (χ3n) is 4.31. The Bertz CT molecular complexity index is 1240. The predicted octanol–water partition coefficient (Wildman–Crippen LogP) is 5.34. The summed E-state index contributed by atoms with van der Waals surface area (Å²) in [6.45, 7) is 5.84. The fourth-order valence-electron chi connectivity index (χ4n) is 2.94. The summed E-state index contributed by atoms with van der Waals surface area (Å²) >= 11 is 2.98. The number of pyridine rings is 1. The SMILES string of the molecule is Cc1nc(Nc2cccnc2)sc1-c1csc(Nc2cc(C(N)=O)ccc2OC(C)C)n1. The number of anilines is 4. The molecule has 3 aromatic heterocycles. The number of ether oxygens (including phenoxy) is 1. The van der Waals surface area contributed by atoms with E-state index in [1.807, 2.05) is 38.3 Å². The maximum Gasteiger partial charge on any atom is 0.248 e. The number of nitrogens with two attached hydrogens (primary N) is 1. The molecule has 8 nitrogen and oxygen atoms in total. The van der Waals surface area contributed by atoms with Crippen LogP contribution in [0.3, 0.4) is 0 Å². The van der Waals surface area contributed by atoms with Crippen LogP contribution in [0.15, 0.2) is 48.1 Å². The molecule has 3 heterocycles. The van der Waals surface area contributed by atoms with Gasteiger partial charge in [0.15, 0.2) is 10.3 Å². The molecule has 0 fully saturated rings. The van der Waals surface area contributed by atoms with Crippen LogP contribution in [0.4, 0.5) is 21.6 Å². The van der Waals surface area contributed by atoms with Crippen molar-refractivity contribution in [2.75, 3.05) is 10.6 Å². The largest absolute Gasteiger partial charge is 0.489 e. The van der Waals surface area contributed by atoms with Crippen molar-refractivity contribution in [1.29, 1.82) is 0 Å². The Morgan fingerprint density at radius 2 is 2.00 bits per heavy atom. The summed E-state index contributed by atoms with van der Waals surface area (Å²) in [7, 11) is 0. The zero-order chi connectivity index (χ0) is 22.7. The van der Waals surface area contributed by atoms with Gasteiger partial charge >= 0.3 is 0 Å². The summed E-state index contributed by atoms with van der Waals surface area (Å²) in [5, 5.41) is 9.95. The molecule has 0 aliphatic heterocycles. The minimum Gasteiger partial charge on any atom is -0.489 e. The molecule has 1 amide bonds. The number of nitrogens with one attached hydrogen (secondary N) is 2. The van der Waals surface area contributed by atoms with Gasteiger partial charge in [-0.3, -0.25) is 9.78 Å². The van der Waals surface area contributed by atoms with E-state index < -0.39 is 5.91 Å². The third-order valence-corrected chi connectivity index (χ3v) is 6.17. The number of aromatic nitrogens is 3. The molecule has 4 N–H and O–H groups in total. The predicted molar refractivity (Wildman–Crippen MR) is 129 cm³/mol. The topological polar surface area (TPSA) is 115 Å². The number of nitrogens with zero attached hydrogens (tertiary/aromatic N) is 3. The number of primary amides is 1. The van der Waals surface area contributed by atoms with Gasteiger partial charge in [-0.2, -0.15) is 0 Å². The Labute approximate surface area is 193 Å². The lowest BCUT2D eigenvalue weighted by Gasteiger charge is -2.15. The monoisotopic (exact) mass is 466 g/mol. The number of carbonyl (C=O) groups excluding carboxylic acids is 1. The summed E-state index contributed by atoms with van der Waals surface area (Å²) in [5.41, 5.74) is 9.06. The summed E-state index contributed by atoms with van der Waals surface area (Å²) in [4.78, 5) is 26.0. The molecule has 0 atom stereocenters. The molecule has 0 bridgehead atoms. The summed E-state index contributed by atoms with van der Waals surface area (Å²) in [6, 6.07) is 8.86. The van der Waals surface area contributed by atoms with Crippen LogP contribution in [0.5, 0.6) is 5.75 Å². The van der Waals surface area contributed by atoms with Gasteiger partial charge in [0.2, 0.25) is 5.91 Å². The zero-order valence-electron chi connectivity index (χ0n) is 17.7. The molecule has 1 aromatic carbocycles. The number of amides is 1. The van der Waals surface area contributed by atoms with Crippen LogP contribution in [0.2, 0.25) is 0 Å². The van der Waals surface area contributed by atoms with Crippen molar-refractivity contribution in [3.8, 4) is 16.3 Å². The number of aryl methyl sites for hydroxylation is 1. The normalized spacial score (nSPS) is 10.9. The maximum atomic E-state index is 11.6. The van der Waals surface area contributed by atoms with E-state index in [0.717, 1.165) is 27.1 Å². The third kappa shape index (κ3) is 5.04. The van der Waals surface area contributed by atoms with E-state index in [1.54, 1.807) is 30.6 Å². The summed E-state index contributed by atoms with van der Waals surface area (Å²) < 4.78 is 5.86. The van der Waals surface area contributed by atoms with Gasteiger partial charge in [-0.1, -0.05) is 11.3 Å². The molecule has 32 heavy (non-hydrogen) atoms. The smallest absolute Gasteiger partial charge is 0.248 e. The lowest BCUT2D eigenvalue weighted by molar-refractivity contribution is 0.100. The Hall–Kier alpha value is -3.50. The van der Waals surface area contributed by atoms with Crippen molar-refractivity contribution >= 4 is 50.2 Å². The first-order valence-corrected chi connectivity index (χ1v) is 11.6. The first kappa shape index (κ1) is 21.7. The molecule has 0 saturated carbocycles. The second-order valence-electron chi connectivity index (χ2n) is 7.20. The van der Waals surface area contributed by atoms with E-state index in [4.69, 9.17) is 15.5 Å². The first-order chi connectivity index (χ1) is 15.4. The van der Waals surface area contributed by atoms with Crippen molar-refractivity contribution in [3.63, 3.8) is 0 Å². The van der Waals surface area contributed by atoms with Gasteiger partial charge in [0, 0.05) is 17.1 Å². The standard InChI is InChI=1S/C22H22N6O2S2/c1-12(2)30-18-7-6-14(20(23)29)9-16(18)27-21-28-17(11-31-21)19-13(3)25-22(32-19)26-15-5-4-8-24-10-15/h4-12H,1-3H3,(H2,23,29)(H,25,26)(H,27,28). The average Bonchev–Trinajstić information content (AvgIpc) is 3.35. The lowest BCUT2D eigenvalue weighted by Crippen LogP contribution is -2.12. The fourth-order valence-corrected chi connectivity index (χ4v) is 4.67. The second kappa shape index (κ2) is 9.33. The van der Waals surface area contributed by atoms with Crippen LogP contribution in [0.25, 0.3) is 10.6 Å². The molecular formula is C22H22N6O2S2. The minimum absolute atomic E-state index is 0.0209. The van der Waals surface area contributed by atoms with E-state index in [2.05, 4.69) is 20.6 Å². The zero-order valence-corrected chi connectivity index (χ0v) is 19.4. The Morgan fingerprint density at radius 1 is 1.16 bits per heavy atom. The van der Waals surface area contributed by atoms with Gasteiger partial charge < -0.3 is 21.1 Å². The number of thiazole rings is 2. The number of hydrogen-bond acceptors (Lipinski definition) is 9. The molecular weight excluding hydrogens is 444 g/mol. The lowest BCUT2D eigenvalue weighted by atomic mass is 10.1. The molecule has 4 rings (SSSR count). The molecule has 4 aromatic rings. The van der Waals surface area contributed by atoms with Gasteiger partial charge in [0.25, 0.3) is 0 Å². The molecule has 0 unspecified atom stereocenters. The van der Waals surface area contributed by atoms with E-state index in [0.29, 0.717) is 22.1 Å². The first-order valence-electron chi connectivity index (χ1n) is 9.87. The van der Waals surface area contributed by atoms with Crippen LogP contribution >= 0.6 is 22.7 Å². The second-order valence-corrected chi connectivity index (χ2v) is 9.06. The number of carbonyl (C=O) groups is 1. The Kier molecular flexibility index (Phi) is 6.33. The highest BCUT2D eigenvalue weighted by molar-refractivity contribution is 7.19. The van der Waals surface area contributed by atoms with Gasteiger partial charge in [0.05, 0.1) is 39.9 Å². The number of hydrogen-bond donors (Lipinski definition) is 3. The van der Waals surface area contributed by atoms with Crippen molar-refractivity contribution in [2.24, 2.45) is 5.73 Å². The molecule has 0 spiro atoms. The maximum absolute atomic E-state index is 11.6. The van der Waals surface area contributed by atoms with Gasteiger partial charge in [-0.15, -0.1) is 11.3 Å². The summed E-state index contributed by atoms with van der Waals surface area (Å²) in [5.74, 6) is 0.122. The van der Waals surface area contributed by atoms with Gasteiger partial charge in [0.1, 0.15) is 5.75 Å². The average molecular weight is 467 g/mol. The highest BCUT2D eigenvalue weighted by Crippen LogP contribution is 2.37. The molecule has 0 aliphatic carbocycles. The highest BCUT2D eigenvalue weighted by atomic mass is 32.1. The minimum atomic E-state index is -0.502. The van der Waals surface area contributed by atoms with Crippen LogP contribution in [0.1, 0.15) is 29.9 Å². The van der Waals surface area contributed by atoms with Crippen molar-refractivity contribution < 1.29 is 9.53 Å². The van der Waals surface area contributed by atoms with E-state index in [-0.39, 0.29) is 6.10 Å². The van der Waals surface area contributed by atoms with Crippen molar-refractivity contribution in [3.05, 3.63) is 59.4 Å². The van der Waals surface area contributed by atoms with Crippen LogP contribution in [0, 0.1) is 6.92 Å². The molecule has 0 aliphatic rings. The van der Waals surface area contributed by atoms with E-state index in [1.165, 1.54) is 22.7 Å². The van der Waals surface area contributed by atoms with E-state index >= 15 is 0 Å². The number of benzene rings is 1. The highest BCUT2D eigenvalue weighted by Gasteiger charge is 2.16. The van der Waals surface area contributed by atoms with E-state index in [9.17, 15) is 4.79 Å². The molecule has 0 saturated heterocycles. The number of rotatable bonds is 8. The molecule has 164 valence electrons. The van der Waals surface area contributed by atoms with Crippen LogP contribution < -0.4 is 21.1 Å². The van der Waals surface area contributed by atoms with Crippen LogP contribution in [-0.2, 0) is 0 Å². The van der Waals surface area contributed by atoms with Crippen molar-refractivity contribution in [2.45, 2.75) is 26.9 Å². The molecule has 10 heteroatoms. The quantitative estimate of drug-likeness (QED) is 0.321. The van der Waals surface area contributed by atoms with Crippen LogP contribution in [-0.4, -0.2) is 27.0 Å². The van der Waals surface area contributed by atoms with Crippen molar-refractivity contribution in [1.82, 2.24) is 15.0 Å². The Morgan fingerprint density at radius 3 is 2.72 bits per heavy atom. The van der Waals surface area contributed by atoms with Gasteiger partial charge in [-0.05, 0) is 51.1 Å². The fraction of sp³-hybridized carbons (Fsp3) is 0.182. The van der Waals surface area contributed by atoms with Gasteiger partial charge in [-0.25, -0.2) is 9.97 Å². The summed E-state index contributed by atoms with van der Waals surface area (Å²) in [6.07, 6.45) is 3.45. The molecule has 0 radical (unpaired) electrons. The Balaban J connectivity index is 1.57.